The van der Waals surface area contributed by atoms with Crippen LogP contribution in [-0.4, -0.2) is 31.1 Å². The number of hydrogen-bond acceptors (Lipinski definition) is 8. The summed E-state index contributed by atoms with van der Waals surface area (Å²) >= 11 is 0. The fourth-order valence-corrected chi connectivity index (χ4v) is 5.08. The molecule has 0 spiro atoms. The number of ether oxygens (including phenoxy) is 3. The zero-order valence-electron chi connectivity index (χ0n) is 27.7. The Morgan fingerprint density at radius 2 is 1.15 bits per heavy atom. The molecular formula is C39H50N2O6. The van der Waals surface area contributed by atoms with E-state index in [-0.39, 0.29) is 5.97 Å². The molecule has 0 aliphatic carbocycles. The minimum absolute atomic E-state index is 0.346. The van der Waals surface area contributed by atoms with Gasteiger partial charge in [-0.05, 0) is 85.4 Å². The molecule has 8 nitrogen and oxygen atoms in total. The van der Waals surface area contributed by atoms with Gasteiger partial charge in [0.1, 0.15) is 5.75 Å². The van der Waals surface area contributed by atoms with Gasteiger partial charge in [0, 0.05) is 17.5 Å². The molecule has 252 valence electrons. The van der Waals surface area contributed by atoms with Crippen molar-refractivity contribution in [2.45, 2.75) is 90.4 Å². The van der Waals surface area contributed by atoms with Gasteiger partial charge in [-0.25, -0.2) is 14.4 Å². The highest BCUT2D eigenvalue weighted by atomic mass is 16.5. The molecular weight excluding hydrogens is 592 g/mol. The van der Waals surface area contributed by atoms with Crippen molar-refractivity contribution in [2.75, 3.05) is 24.7 Å². The smallest absolute Gasteiger partial charge is 0.338 e. The van der Waals surface area contributed by atoms with Crippen LogP contribution in [0.1, 0.15) is 116 Å². The number of hydrogen-bond donors (Lipinski definition) is 2. The van der Waals surface area contributed by atoms with E-state index in [9.17, 15) is 14.4 Å². The SMILES string of the molecule is CCCCCc1ccc(OC(=O)/C=C/c2ccc(C(=O)OCCCCCCCCCCCOC(=O)c3cc(N)cc(N)c3)cc2)cc1. The predicted octanol–water partition coefficient (Wildman–Crippen LogP) is 8.73. The Kier molecular flexibility index (Phi) is 16.7. The monoisotopic (exact) mass is 642 g/mol. The van der Waals surface area contributed by atoms with Gasteiger partial charge in [0.15, 0.2) is 0 Å². The van der Waals surface area contributed by atoms with Crippen LogP contribution in [0.2, 0.25) is 0 Å². The third-order valence-corrected chi connectivity index (χ3v) is 7.74. The van der Waals surface area contributed by atoms with Crippen LogP contribution in [0, 0.1) is 0 Å². The Morgan fingerprint density at radius 1 is 0.617 bits per heavy atom. The van der Waals surface area contributed by atoms with Crippen molar-refractivity contribution >= 4 is 35.4 Å². The molecule has 3 aromatic rings. The summed E-state index contributed by atoms with van der Waals surface area (Å²) < 4.78 is 16.1. The van der Waals surface area contributed by atoms with Crippen LogP contribution in [0.5, 0.6) is 5.75 Å². The standard InChI is InChI=1S/C39H50N2O6/c1-2-3-11-14-30-17-22-36(23-18-30)47-37(42)24-19-31-15-20-32(21-16-31)38(43)45-25-12-9-7-5-4-6-8-10-13-26-46-39(44)33-27-34(40)29-35(41)28-33/h15-24,27-29H,2-14,25-26,40-41H2,1H3/b24-19+. The summed E-state index contributed by atoms with van der Waals surface area (Å²) in [6.07, 6.45) is 17.0. The van der Waals surface area contributed by atoms with Crippen molar-refractivity contribution in [2.24, 2.45) is 0 Å². The van der Waals surface area contributed by atoms with Crippen LogP contribution >= 0.6 is 0 Å². The minimum atomic E-state index is -0.454. The van der Waals surface area contributed by atoms with Crippen LogP contribution in [0.15, 0.2) is 72.8 Å². The first-order chi connectivity index (χ1) is 22.8. The van der Waals surface area contributed by atoms with E-state index in [4.69, 9.17) is 25.7 Å². The highest BCUT2D eigenvalue weighted by Crippen LogP contribution is 2.17. The second-order valence-electron chi connectivity index (χ2n) is 11.8. The van der Waals surface area contributed by atoms with Gasteiger partial charge < -0.3 is 25.7 Å². The Morgan fingerprint density at radius 3 is 1.70 bits per heavy atom. The molecule has 0 fully saturated rings. The summed E-state index contributed by atoms with van der Waals surface area (Å²) in [5.41, 5.74) is 15.2. The van der Waals surface area contributed by atoms with E-state index in [0.29, 0.717) is 41.5 Å². The minimum Gasteiger partial charge on any atom is -0.462 e. The van der Waals surface area contributed by atoms with Crippen LogP contribution in [0.25, 0.3) is 6.08 Å². The molecule has 0 amide bonds. The van der Waals surface area contributed by atoms with Gasteiger partial charge >= 0.3 is 17.9 Å². The van der Waals surface area contributed by atoms with Crippen molar-refractivity contribution < 1.29 is 28.6 Å². The number of esters is 3. The Balaban J connectivity index is 1.18. The van der Waals surface area contributed by atoms with Crippen molar-refractivity contribution in [1.29, 1.82) is 0 Å². The molecule has 0 unspecified atom stereocenters. The van der Waals surface area contributed by atoms with E-state index in [0.717, 1.165) is 76.2 Å². The Labute approximate surface area is 279 Å². The van der Waals surface area contributed by atoms with Gasteiger partial charge in [-0.3, -0.25) is 0 Å². The summed E-state index contributed by atoms with van der Waals surface area (Å²) in [7, 11) is 0. The van der Waals surface area contributed by atoms with Crippen molar-refractivity contribution in [1.82, 2.24) is 0 Å². The summed E-state index contributed by atoms with van der Waals surface area (Å²) in [4.78, 5) is 36.7. The quantitative estimate of drug-likeness (QED) is 0.0388. The van der Waals surface area contributed by atoms with Gasteiger partial charge in [-0.1, -0.05) is 89.0 Å². The number of anilines is 2. The first-order valence-electron chi connectivity index (χ1n) is 16.9. The van der Waals surface area contributed by atoms with Crippen LogP contribution in [0.3, 0.4) is 0 Å². The van der Waals surface area contributed by atoms with Crippen LogP contribution in [-0.2, 0) is 20.7 Å². The number of nitrogen functional groups attached to an aromatic ring is 2. The first-order valence-corrected chi connectivity index (χ1v) is 16.9. The lowest BCUT2D eigenvalue weighted by Gasteiger charge is -2.07. The lowest BCUT2D eigenvalue weighted by molar-refractivity contribution is -0.128. The Bertz CT molecular complexity index is 1400. The number of carbonyl (C=O) groups excluding carboxylic acids is 3. The molecule has 0 saturated carbocycles. The summed E-state index contributed by atoms with van der Waals surface area (Å²) in [6.45, 7) is 2.97. The molecule has 4 N–H and O–H groups in total. The topological polar surface area (TPSA) is 131 Å². The fraction of sp³-hybridized carbons (Fsp3) is 0.410. The van der Waals surface area contributed by atoms with Crippen molar-refractivity contribution in [3.63, 3.8) is 0 Å². The third-order valence-electron chi connectivity index (χ3n) is 7.74. The van der Waals surface area contributed by atoms with Crippen molar-refractivity contribution in [3.05, 3.63) is 95.1 Å². The molecule has 0 aromatic heterocycles. The van der Waals surface area contributed by atoms with E-state index >= 15 is 0 Å². The van der Waals surface area contributed by atoms with Crippen LogP contribution in [0.4, 0.5) is 11.4 Å². The first kappa shape index (κ1) is 36.9. The van der Waals surface area contributed by atoms with E-state index in [2.05, 4.69) is 6.92 Å². The molecule has 0 aliphatic heterocycles. The van der Waals surface area contributed by atoms with Gasteiger partial charge in [0.25, 0.3) is 0 Å². The number of nitrogens with two attached hydrogens (primary N) is 2. The van der Waals surface area contributed by atoms with Gasteiger partial charge in [-0.15, -0.1) is 0 Å². The molecule has 0 heterocycles. The second-order valence-corrected chi connectivity index (χ2v) is 11.8. The maximum atomic E-state index is 12.4. The molecule has 3 aromatic carbocycles. The van der Waals surface area contributed by atoms with E-state index < -0.39 is 11.9 Å². The largest absolute Gasteiger partial charge is 0.462 e. The summed E-state index contributed by atoms with van der Waals surface area (Å²) in [6, 6.07) is 19.3. The molecule has 47 heavy (non-hydrogen) atoms. The highest BCUT2D eigenvalue weighted by molar-refractivity contribution is 5.92. The number of carbonyl (C=O) groups is 3. The number of unbranched alkanes of at least 4 members (excludes halogenated alkanes) is 10. The van der Waals surface area contributed by atoms with E-state index in [1.807, 2.05) is 24.3 Å². The highest BCUT2D eigenvalue weighted by Gasteiger charge is 2.09. The van der Waals surface area contributed by atoms with Gasteiger partial charge in [0.2, 0.25) is 0 Å². The summed E-state index contributed by atoms with van der Waals surface area (Å²) in [5, 5.41) is 0. The zero-order chi connectivity index (χ0) is 33.7. The fourth-order valence-electron chi connectivity index (χ4n) is 5.08. The molecule has 3 rings (SSSR count). The Hall–Kier alpha value is -4.59. The zero-order valence-corrected chi connectivity index (χ0v) is 27.7. The molecule has 0 saturated heterocycles. The van der Waals surface area contributed by atoms with E-state index in [1.54, 1.807) is 48.5 Å². The number of aryl methyl sites for hydroxylation is 1. The molecule has 0 atom stereocenters. The molecule has 0 bridgehead atoms. The average molecular weight is 643 g/mol. The van der Waals surface area contributed by atoms with E-state index in [1.165, 1.54) is 24.5 Å². The summed E-state index contributed by atoms with van der Waals surface area (Å²) in [5.74, 6) is -0.679. The maximum absolute atomic E-state index is 12.4. The molecule has 8 heteroatoms. The third kappa shape index (κ3) is 15.0. The average Bonchev–Trinajstić information content (AvgIpc) is 3.06. The normalized spacial score (nSPS) is 11.0. The van der Waals surface area contributed by atoms with Gasteiger partial charge in [-0.2, -0.15) is 0 Å². The van der Waals surface area contributed by atoms with Gasteiger partial charge in [0.05, 0.1) is 24.3 Å². The number of benzene rings is 3. The number of rotatable bonds is 21. The van der Waals surface area contributed by atoms with Crippen molar-refractivity contribution in [3.8, 4) is 5.75 Å². The maximum Gasteiger partial charge on any atom is 0.338 e. The lowest BCUT2D eigenvalue weighted by Crippen LogP contribution is -2.07. The predicted molar refractivity (Wildman–Crippen MR) is 188 cm³/mol. The second kappa shape index (κ2) is 21.3. The molecule has 0 radical (unpaired) electrons. The molecule has 0 aliphatic rings. The lowest BCUT2D eigenvalue weighted by atomic mass is 10.1. The van der Waals surface area contributed by atoms with Crippen LogP contribution < -0.4 is 16.2 Å².